The lowest BCUT2D eigenvalue weighted by atomic mass is 10.0. The minimum absolute atomic E-state index is 0.0905. The van der Waals surface area contributed by atoms with Gasteiger partial charge in [0.2, 0.25) is 0 Å². The van der Waals surface area contributed by atoms with Gasteiger partial charge in [-0.05, 0) is 37.5 Å². The standard InChI is InChI=1S/C17H18O6/c1-10-6-17(20)23-15-8-14(22-9-11(2)18)12(7-13(10)15)4-5-16(19)21-3/h6-8H,4-5,9H2,1-3H3. The number of carbonyl (C=O) groups excluding carboxylic acids is 2. The zero-order chi connectivity index (χ0) is 17.0. The van der Waals surface area contributed by atoms with Gasteiger partial charge < -0.3 is 13.9 Å². The number of ether oxygens (including phenoxy) is 2. The molecule has 6 nitrogen and oxygen atoms in total. The molecule has 0 atom stereocenters. The van der Waals surface area contributed by atoms with Gasteiger partial charge in [0.1, 0.15) is 17.9 Å². The van der Waals surface area contributed by atoms with Crippen LogP contribution in [0.5, 0.6) is 5.75 Å². The van der Waals surface area contributed by atoms with E-state index in [2.05, 4.69) is 4.74 Å². The number of rotatable bonds is 6. The molecule has 2 aromatic rings. The van der Waals surface area contributed by atoms with Crippen LogP contribution in [-0.4, -0.2) is 25.5 Å². The highest BCUT2D eigenvalue weighted by molar-refractivity contribution is 5.83. The fraction of sp³-hybridized carbons (Fsp3) is 0.353. The van der Waals surface area contributed by atoms with E-state index in [0.717, 1.165) is 16.5 Å². The average molecular weight is 318 g/mol. The maximum atomic E-state index is 11.5. The number of Topliss-reactive ketones (excluding diaryl/α,β-unsaturated/α-hetero) is 1. The molecule has 122 valence electrons. The summed E-state index contributed by atoms with van der Waals surface area (Å²) in [7, 11) is 1.33. The normalized spacial score (nSPS) is 10.6. The number of hydrogen-bond acceptors (Lipinski definition) is 6. The van der Waals surface area contributed by atoms with Crippen LogP contribution in [0.4, 0.5) is 0 Å². The summed E-state index contributed by atoms with van der Waals surface area (Å²) < 4.78 is 15.3. The number of esters is 1. The number of hydrogen-bond donors (Lipinski definition) is 0. The molecule has 0 bridgehead atoms. The Morgan fingerprint density at radius 1 is 1.22 bits per heavy atom. The van der Waals surface area contributed by atoms with Crippen molar-refractivity contribution in [1.29, 1.82) is 0 Å². The first-order valence-corrected chi connectivity index (χ1v) is 7.17. The minimum atomic E-state index is -0.449. The van der Waals surface area contributed by atoms with E-state index >= 15 is 0 Å². The predicted molar refractivity (Wildman–Crippen MR) is 83.7 cm³/mol. The molecule has 0 saturated heterocycles. The fourth-order valence-electron chi connectivity index (χ4n) is 2.24. The molecule has 0 aliphatic rings. The largest absolute Gasteiger partial charge is 0.485 e. The molecule has 0 aliphatic carbocycles. The molecule has 1 heterocycles. The number of aryl methyl sites for hydroxylation is 2. The molecule has 6 heteroatoms. The molecule has 0 unspecified atom stereocenters. The summed E-state index contributed by atoms with van der Waals surface area (Å²) in [6.07, 6.45) is 0.586. The molecule has 0 radical (unpaired) electrons. The molecule has 0 spiro atoms. The van der Waals surface area contributed by atoms with Gasteiger partial charge in [-0.25, -0.2) is 4.79 Å². The van der Waals surface area contributed by atoms with Crippen molar-refractivity contribution in [3.05, 3.63) is 39.7 Å². The van der Waals surface area contributed by atoms with Crippen molar-refractivity contribution in [1.82, 2.24) is 0 Å². The van der Waals surface area contributed by atoms with Gasteiger partial charge in [0, 0.05) is 23.9 Å². The molecular weight excluding hydrogens is 300 g/mol. The van der Waals surface area contributed by atoms with Gasteiger partial charge in [-0.15, -0.1) is 0 Å². The van der Waals surface area contributed by atoms with E-state index in [-0.39, 0.29) is 24.8 Å². The fourth-order valence-corrected chi connectivity index (χ4v) is 2.24. The van der Waals surface area contributed by atoms with Crippen molar-refractivity contribution < 1.29 is 23.5 Å². The lowest BCUT2D eigenvalue weighted by Crippen LogP contribution is -2.09. The van der Waals surface area contributed by atoms with Crippen molar-refractivity contribution in [3.63, 3.8) is 0 Å². The third-order valence-electron chi connectivity index (χ3n) is 3.39. The van der Waals surface area contributed by atoms with Crippen molar-refractivity contribution in [2.45, 2.75) is 26.7 Å². The molecule has 0 saturated carbocycles. The summed E-state index contributed by atoms with van der Waals surface area (Å²) in [4.78, 5) is 34.0. The number of fused-ring (bicyclic) bond motifs is 1. The predicted octanol–water partition coefficient (Wildman–Crippen LogP) is 2.17. The Morgan fingerprint density at radius 2 is 1.96 bits per heavy atom. The molecule has 0 fully saturated rings. The lowest BCUT2D eigenvalue weighted by molar-refractivity contribution is -0.140. The lowest BCUT2D eigenvalue weighted by Gasteiger charge is -2.12. The van der Waals surface area contributed by atoms with Crippen molar-refractivity contribution in [2.75, 3.05) is 13.7 Å². The quantitative estimate of drug-likeness (QED) is 0.599. The zero-order valence-corrected chi connectivity index (χ0v) is 13.3. The highest BCUT2D eigenvalue weighted by Crippen LogP contribution is 2.28. The summed E-state index contributed by atoms with van der Waals surface area (Å²) in [5, 5.41) is 0.764. The first-order chi connectivity index (χ1) is 10.9. The van der Waals surface area contributed by atoms with Gasteiger partial charge in [-0.1, -0.05) is 0 Å². The summed E-state index contributed by atoms with van der Waals surface area (Å²) in [6, 6.07) is 4.80. The summed E-state index contributed by atoms with van der Waals surface area (Å²) in [6.45, 7) is 3.13. The Bertz CT molecular complexity index is 803. The SMILES string of the molecule is COC(=O)CCc1cc2c(C)cc(=O)oc2cc1OCC(C)=O. The first kappa shape index (κ1) is 16.7. The molecule has 1 aromatic carbocycles. The van der Waals surface area contributed by atoms with Gasteiger partial charge in [0.15, 0.2) is 5.78 Å². The van der Waals surface area contributed by atoms with E-state index in [1.54, 1.807) is 13.0 Å². The highest BCUT2D eigenvalue weighted by Gasteiger charge is 2.13. The van der Waals surface area contributed by atoms with Crippen molar-refractivity contribution >= 4 is 22.7 Å². The van der Waals surface area contributed by atoms with E-state index in [9.17, 15) is 14.4 Å². The van der Waals surface area contributed by atoms with Crippen molar-refractivity contribution in [2.24, 2.45) is 0 Å². The maximum Gasteiger partial charge on any atom is 0.336 e. The Kier molecular flexibility index (Phi) is 5.16. The van der Waals surface area contributed by atoms with E-state index < -0.39 is 5.63 Å². The van der Waals surface area contributed by atoms with E-state index in [4.69, 9.17) is 9.15 Å². The topological polar surface area (TPSA) is 82.8 Å². The smallest absolute Gasteiger partial charge is 0.336 e. The maximum absolute atomic E-state index is 11.5. The van der Waals surface area contributed by atoms with E-state index in [1.807, 2.05) is 6.07 Å². The Labute approximate surface area is 133 Å². The van der Waals surface area contributed by atoms with Crippen LogP contribution in [0.3, 0.4) is 0 Å². The van der Waals surface area contributed by atoms with E-state index in [1.165, 1.54) is 20.1 Å². The number of methoxy groups -OCH3 is 1. The van der Waals surface area contributed by atoms with Gasteiger partial charge in [-0.2, -0.15) is 0 Å². The summed E-state index contributed by atoms with van der Waals surface area (Å²) in [5.41, 5.74) is 1.46. The van der Waals surface area contributed by atoms with Gasteiger partial charge in [-0.3, -0.25) is 9.59 Å². The van der Waals surface area contributed by atoms with Crippen LogP contribution in [0, 0.1) is 6.92 Å². The molecule has 2 rings (SSSR count). The van der Waals surface area contributed by atoms with Crippen LogP contribution < -0.4 is 10.4 Å². The minimum Gasteiger partial charge on any atom is -0.485 e. The summed E-state index contributed by atoms with van der Waals surface area (Å²) in [5.74, 6) is -0.0426. The van der Waals surface area contributed by atoms with Crippen LogP contribution in [0.2, 0.25) is 0 Å². The molecule has 1 aromatic heterocycles. The average Bonchev–Trinajstić information content (AvgIpc) is 2.50. The van der Waals surface area contributed by atoms with Gasteiger partial charge >= 0.3 is 11.6 Å². The number of benzene rings is 1. The second-order valence-corrected chi connectivity index (χ2v) is 5.27. The Morgan fingerprint density at radius 3 is 2.61 bits per heavy atom. The van der Waals surface area contributed by atoms with Crippen LogP contribution in [0.1, 0.15) is 24.5 Å². The van der Waals surface area contributed by atoms with Gasteiger partial charge in [0.25, 0.3) is 0 Å². The van der Waals surface area contributed by atoms with Crippen LogP contribution >= 0.6 is 0 Å². The van der Waals surface area contributed by atoms with E-state index in [0.29, 0.717) is 17.8 Å². The third kappa shape index (κ3) is 4.18. The Hall–Kier alpha value is -2.63. The summed E-state index contributed by atoms with van der Waals surface area (Å²) >= 11 is 0. The molecule has 23 heavy (non-hydrogen) atoms. The monoisotopic (exact) mass is 318 g/mol. The molecular formula is C17H18O6. The number of carbonyl (C=O) groups is 2. The number of ketones is 1. The zero-order valence-electron chi connectivity index (χ0n) is 13.3. The van der Waals surface area contributed by atoms with Crippen LogP contribution in [0.15, 0.2) is 27.4 Å². The van der Waals surface area contributed by atoms with Gasteiger partial charge in [0.05, 0.1) is 7.11 Å². The highest BCUT2D eigenvalue weighted by atomic mass is 16.5. The van der Waals surface area contributed by atoms with Crippen LogP contribution in [0.25, 0.3) is 11.0 Å². The molecule has 0 amide bonds. The molecule has 0 N–H and O–H groups in total. The second kappa shape index (κ2) is 7.09. The molecule has 0 aliphatic heterocycles. The first-order valence-electron chi connectivity index (χ1n) is 7.17. The second-order valence-electron chi connectivity index (χ2n) is 5.27. The van der Waals surface area contributed by atoms with Crippen molar-refractivity contribution in [3.8, 4) is 5.75 Å². The van der Waals surface area contributed by atoms with Crippen LogP contribution in [-0.2, 0) is 20.7 Å². The Balaban J connectivity index is 2.46. The third-order valence-corrected chi connectivity index (χ3v) is 3.39.